The fourth-order valence-corrected chi connectivity index (χ4v) is 1.43. The van der Waals surface area contributed by atoms with Crippen LogP contribution in [0.1, 0.15) is 53.4 Å². The van der Waals surface area contributed by atoms with Gasteiger partial charge in [-0.1, -0.05) is 26.7 Å². The highest BCUT2D eigenvalue weighted by Gasteiger charge is 2.20. The number of hydrogen-bond acceptors (Lipinski definition) is 3. The zero-order valence-electron chi connectivity index (χ0n) is 10.4. The Bertz CT molecular complexity index is 185. The van der Waals surface area contributed by atoms with Gasteiger partial charge in [-0.3, -0.25) is 4.79 Å². The monoisotopic (exact) mass is 216 g/mol. The van der Waals surface area contributed by atoms with E-state index in [1.165, 1.54) is 6.92 Å². The lowest BCUT2D eigenvalue weighted by Gasteiger charge is -2.23. The summed E-state index contributed by atoms with van der Waals surface area (Å²) < 4.78 is 4.81. The highest BCUT2D eigenvalue weighted by molar-refractivity contribution is 5.65. The predicted octanol–water partition coefficient (Wildman–Crippen LogP) is 2.52. The van der Waals surface area contributed by atoms with Crippen molar-refractivity contribution in [3.05, 3.63) is 0 Å². The van der Waals surface area contributed by atoms with Crippen molar-refractivity contribution in [3.63, 3.8) is 0 Å². The van der Waals surface area contributed by atoms with Crippen LogP contribution in [0.2, 0.25) is 0 Å². The molecule has 0 spiro atoms. The first-order chi connectivity index (χ1) is 6.83. The van der Waals surface area contributed by atoms with E-state index in [2.05, 4.69) is 13.8 Å². The van der Waals surface area contributed by atoms with E-state index < -0.39 is 5.60 Å². The molecule has 0 aromatic rings. The summed E-state index contributed by atoms with van der Waals surface area (Å²) in [5.74, 6) is 0.391. The molecule has 0 aromatic heterocycles. The summed E-state index contributed by atoms with van der Waals surface area (Å²) in [6, 6.07) is 0. The second-order valence-electron chi connectivity index (χ2n) is 4.87. The van der Waals surface area contributed by atoms with Crippen molar-refractivity contribution in [3.8, 4) is 0 Å². The number of esters is 1. The molecule has 0 aliphatic rings. The van der Waals surface area contributed by atoms with Crippen LogP contribution in [0.5, 0.6) is 0 Å². The van der Waals surface area contributed by atoms with E-state index in [0.29, 0.717) is 18.9 Å². The Balaban J connectivity index is 3.62. The van der Waals surface area contributed by atoms with E-state index in [1.807, 2.05) is 0 Å². The van der Waals surface area contributed by atoms with Gasteiger partial charge in [0.1, 0.15) is 0 Å². The smallest absolute Gasteiger partial charge is 0.302 e. The molecular formula is C12H24O3. The Morgan fingerprint density at radius 3 is 2.47 bits per heavy atom. The van der Waals surface area contributed by atoms with E-state index in [9.17, 15) is 9.90 Å². The lowest BCUT2D eigenvalue weighted by molar-refractivity contribution is -0.142. The average Bonchev–Trinajstić information content (AvgIpc) is 2.01. The molecule has 90 valence electrons. The van der Waals surface area contributed by atoms with Crippen LogP contribution in [0.25, 0.3) is 0 Å². The zero-order chi connectivity index (χ0) is 11.9. The topological polar surface area (TPSA) is 46.5 Å². The number of carbonyl (C=O) groups excluding carboxylic acids is 1. The number of carbonyl (C=O) groups is 1. The SMILES string of the molecule is CC(=O)OCCC(C)(O)CCCC(C)C. The zero-order valence-corrected chi connectivity index (χ0v) is 10.4. The van der Waals surface area contributed by atoms with Crippen molar-refractivity contribution in [1.29, 1.82) is 0 Å². The maximum Gasteiger partial charge on any atom is 0.302 e. The summed E-state index contributed by atoms with van der Waals surface area (Å²) in [5, 5.41) is 9.95. The standard InChI is InChI=1S/C12H24O3/c1-10(2)6-5-7-12(4,14)8-9-15-11(3)13/h10,14H,5-9H2,1-4H3. The molecule has 0 rings (SSSR count). The molecule has 0 heterocycles. The van der Waals surface area contributed by atoms with Crippen LogP contribution < -0.4 is 0 Å². The van der Waals surface area contributed by atoms with E-state index in [-0.39, 0.29) is 5.97 Å². The summed E-state index contributed by atoms with van der Waals surface area (Å²) >= 11 is 0. The molecule has 0 amide bonds. The lowest BCUT2D eigenvalue weighted by atomic mass is 9.93. The molecule has 1 atom stereocenters. The first kappa shape index (κ1) is 14.4. The van der Waals surface area contributed by atoms with E-state index in [4.69, 9.17) is 4.74 Å². The summed E-state index contributed by atoms with van der Waals surface area (Å²) in [7, 11) is 0. The van der Waals surface area contributed by atoms with Gasteiger partial charge in [-0.25, -0.2) is 0 Å². The minimum atomic E-state index is -0.704. The summed E-state index contributed by atoms with van der Waals surface area (Å²) in [6.07, 6.45) is 3.44. The minimum absolute atomic E-state index is 0.284. The largest absolute Gasteiger partial charge is 0.466 e. The fourth-order valence-electron chi connectivity index (χ4n) is 1.43. The number of aliphatic hydroxyl groups is 1. The van der Waals surface area contributed by atoms with Gasteiger partial charge in [-0.2, -0.15) is 0 Å². The molecule has 15 heavy (non-hydrogen) atoms. The van der Waals surface area contributed by atoms with E-state index >= 15 is 0 Å². The van der Waals surface area contributed by atoms with Crippen molar-refractivity contribution in [2.45, 2.75) is 59.0 Å². The molecule has 0 bridgehead atoms. The highest BCUT2D eigenvalue weighted by Crippen LogP contribution is 2.19. The Morgan fingerprint density at radius 2 is 2.00 bits per heavy atom. The van der Waals surface area contributed by atoms with Gasteiger partial charge < -0.3 is 9.84 Å². The third kappa shape index (κ3) is 9.73. The molecule has 0 saturated carbocycles. The van der Waals surface area contributed by atoms with Gasteiger partial charge in [-0.15, -0.1) is 0 Å². The quantitative estimate of drug-likeness (QED) is 0.665. The first-order valence-electron chi connectivity index (χ1n) is 5.69. The Hall–Kier alpha value is -0.570. The Kier molecular flexibility index (Phi) is 6.57. The van der Waals surface area contributed by atoms with Crippen LogP contribution in [-0.2, 0) is 9.53 Å². The van der Waals surface area contributed by atoms with E-state index in [1.54, 1.807) is 6.92 Å². The minimum Gasteiger partial charge on any atom is -0.466 e. The highest BCUT2D eigenvalue weighted by atomic mass is 16.5. The molecule has 0 aliphatic heterocycles. The van der Waals surface area contributed by atoms with Gasteiger partial charge in [0.05, 0.1) is 12.2 Å². The maximum absolute atomic E-state index is 10.5. The molecular weight excluding hydrogens is 192 g/mol. The van der Waals surface area contributed by atoms with Crippen molar-refractivity contribution < 1.29 is 14.6 Å². The van der Waals surface area contributed by atoms with Gasteiger partial charge in [0.25, 0.3) is 0 Å². The summed E-state index contributed by atoms with van der Waals surface area (Å²) in [6.45, 7) is 7.84. The predicted molar refractivity (Wildman–Crippen MR) is 60.6 cm³/mol. The van der Waals surface area contributed by atoms with E-state index in [0.717, 1.165) is 19.3 Å². The van der Waals surface area contributed by atoms with Crippen molar-refractivity contribution in [2.24, 2.45) is 5.92 Å². The van der Waals surface area contributed by atoms with Crippen molar-refractivity contribution >= 4 is 5.97 Å². The van der Waals surface area contributed by atoms with Gasteiger partial charge in [0.2, 0.25) is 0 Å². The summed E-state index contributed by atoms with van der Waals surface area (Å²) in [4.78, 5) is 10.5. The fraction of sp³-hybridized carbons (Fsp3) is 0.917. The molecule has 0 radical (unpaired) electrons. The molecule has 3 nitrogen and oxygen atoms in total. The molecule has 0 aromatic carbocycles. The lowest BCUT2D eigenvalue weighted by Crippen LogP contribution is -2.26. The molecule has 1 unspecified atom stereocenters. The van der Waals surface area contributed by atoms with Gasteiger partial charge in [-0.05, 0) is 19.3 Å². The number of ether oxygens (including phenoxy) is 1. The van der Waals surface area contributed by atoms with Gasteiger partial charge >= 0.3 is 5.97 Å². The molecule has 0 aliphatic carbocycles. The van der Waals surface area contributed by atoms with Gasteiger partial charge in [0, 0.05) is 13.3 Å². The van der Waals surface area contributed by atoms with Gasteiger partial charge in [0.15, 0.2) is 0 Å². The molecule has 0 fully saturated rings. The molecule has 3 heteroatoms. The molecule has 1 N–H and O–H groups in total. The van der Waals surface area contributed by atoms with Crippen LogP contribution in [0.4, 0.5) is 0 Å². The Morgan fingerprint density at radius 1 is 1.40 bits per heavy atom. The summed E-state index contributed by atoms with van der Waals surface area (Å²) in [5.41, 5.74) is -0.704. The van der Waals surface area contributed by atoms with Crippen LogP contribution in [0.15, 0.2) is 0 Å². The molecule has 0 saturated heterocycles. The van der Waals surface area contributed by atoms with Crippen LogP contribution >= 0.6 is 0 Å². The average molecular weight is 216 g/mol. The van der Waals surface area contributed by atoms with Crippen LogP contribution in [-0.4, -0.2) is 23.3 Å². The van der Waals surface area contributed by atoms with Crippen molar-refractivity contribution in [1.82, 2.24) is 0 Å². The normalized spacial score (nSPS) is 15.1. The second kappa shape index (κ2) is 6.83. The number of hydrogen-bond donors (Lipinski definition) is 1. The Labute approximate surface area is 92.8 Å². The maximum atomic E-state index is 10.5. The number of rotatable bonds is 7. The third-order valence-electron chi connectivity index (χ3n) is 2.44. The van der Waals surface area contributed by atoms with Crippen LogP contribution in [0, 0.1) is 5.92 Å². The van der Waals surface area contributed by atoms with Crippen molar-refractivity contribution in [2.75, 3.05) is 6.61 Å². The van der Waals surface area contributed by atoms with Crippen LogP contribution in [0.3, 0.4) is 0 Å². The second-order valence-corrected chi connectivity index (χ2v) is 4.87. The first-order valence-corrected chi connectivity index (χ1v) is 5.69. The third-order valence-corrected chi connectivity index (χ3v) is 2.44.